The molecule has 4 atom stereocenters. The molecule has 1 fully saturated rings. The van der Waals surface area contributed by atoms with Crippen LogP contribution in [0.3, 0.4) is 0 Å². The smallest absolute Gasteiger partial charge is 0.326 e. The number of likely N-dealkylation sites (tertiary alicyclic amines) is 1. The molecule has 0 spiro atoms. The molecule has 0 aromatic heterocycles. The maximum Gasteiger partial charge on any atom is 0.326 e. The van der Waals surface area contributed by atoms with Gasteiger partial charge in [-0.15, -0.1) is 0 Å². The summed E-state index contributed by atoms with van der Waals surface area (Å²) in [5.41, 5.74) is 11.4. The van der Waals surface area contributed by atoms with E-state index in [4.69, 9.17) is 11.5 Å². The minimum Gasteiger partial charge on any atom is -0.480 e. The number of aliphatic carboxylic acids is 1. The van der Waals surface area contributed by atoms with Gasteiger partial charge in [0.15, 0.2) is 0 Å². The number of carboxylic acids is 1. The lowest BCUT2D eigenvalue weighted by Gasteiger charge is -2.28. The largest absolute Gasteiger partial charge is 0.480 e. The van der Waals surface area contributed by atoms with Crippen molar-refractivity contribution in [3.8, 4) is 0 Å². The molecule has 0 aromatic rings. The zero-order valence-corrected chi connectivity index (χ0v) is 19.6. The second-order valence-electron chi connectivity index (χ2n) is 7.51. The monoisotopic (exact) mass is 477 g/mol. The van der Waals surface area contributed by atoms with E-state index in [2.05, 4.69) is 23.3 Å². The van der Waals surface area contributed by atoms with Gasteiger partial charge in [-0.3, -0.25) is 14.4 Å². The molecule has 4 unspecified atom stereocenters. The van der Waals surface area contributed by atoms with E-state index in [1.54, 1.807) is 11.8 Å². The fourth-order valence-electron chi connectivity index (χ4n) is 3.37. The van der Waals surface area contributed by atoms with Crippen molar-refractivity contribution in [3.63, 3.8) is 0 Å². The highest BCUT2D eigenvalue weighted by atomic mass is 32.2. The molecule has 7 N–H and O–H groups in total. The number of nitrogens with zero attached hydrogens (tertiary/aromatic N) is 1. The van der Waals surface area contributed by atoms with E-state index in [1.165, 1.54) is 4.90 Å². The van der Waals surface area contributed by atoms with Gasteiger partial charge in [0.25, 0.3) is 0 Å². The maximum atomic E-state index is 12.8. The fourth-order valence-corrected chi connectivity index (χ4v) is 4.12. The van der Waals surface area contributed by atoms with Crippen LogP contribution in [0.2, 0.25) is 0 Å². The number of nitrogens with two attached hydrogens (primary N) is 2. The number of rotatable bonds is 14. The lowest BCUT2D eigenvalue weighted by molar-refractivity contribution is -0.143. The molecule has 0 aromatic carbocycles. The number of thioether (sulfide) groups is 1. The van der Waals surface area contributed by atoms with Gasteiger partial charge in [-0.05, 0) is 57.1 Å². The number of unbranched alkanes of at least 4 members (excludes halogenated alkanes) is 1. The zero-order valence-electron chi connectivity index (χ0n) is 17.9. The summed E-state index contributed by atoms with van der Waals surface area (Å²) in [6.45, 7) is 0.872. The molecule has 0 radical (unpaired) electrons. The van der Waals surface area contributed by atoms with E-state index < -0.39 is 42.0 Å². The first-order chi connectivity index (χ1) is 14.8. The number of carboxylic acid groups (broad SMARTS) is 1. The van der Waals surface area contributed by atoms with E-state index in [1.807, 2.05) is 6.26 Å². The van der Waals surface area contributed by atoms with Crippen LogP contribution in [-0.2, 0) is 19.2 Å². The van der Waals surface area contributed by atoms with Crippen LogP contribution in [0.25, 0.3) is 0 Å². The Kier molecular flexibility index (Phi) is 12.9. The quantitative estimate of drug-likeness (QED) is 0.139. The van der Waals surface area contributed by atoms with Crippen LogP contribution in [-0.4, -0.2) is 88.7 Å². The van der Waals surface area contributed by atoms with Gasteiger partial charge in [0.05, 0.1) is 6.04 Å². The lowest BCUT2D eigenvalue weighted by atomic mass is 10.1. The number of hydrogen-bond donors (Lipinski definition) is 6. The second-order valence-corrected chi connectivity index (χ2v) is 8.86. The highest BCUT2D eigenvalue weighted by Gasteiger charge is 2.37. The van der Waals surface area contributed by atoms with E-state index in [0.29, 0.717) is 45.2 Å². The Hall–Kier alpha value is -1.50. The molecule has 1 rings (SSSR count). The molecule has 0 saturated carbocycles. The van der Waals surface area contributed by atoms with Crippen LogP contribution in [0.1, 0.15) is 38.5 Å². The van der Waals surface area contributed by atoms with E-state index in [-0.39, 0.29) is 18.1 Å². The number of carbonyl (C=O) groups is 4. The van der Waals surface area contributed by atoms with Crippen molar-refractivity contribution in [1.29, 1.82) is 0 Å². The SMILES string of the molecule is CSCCC(N)C(=O)N1CCCC1C(=O)NC(CS)C(=O)NC(CCCCN)C(=O)O. The Bertz CT molecular complexity index is 624. The highest BCUT2D eigenvalue weighted by molar-refractivity contribution is 7.98. The van der Waals surface area contributed by atoms with Crippen molar-refractivity contribution < 1.29 is 24.3 Å². The zero-order chi connectivity index (χ0) is 23.4. The van der Waals surface area contributed by atoms with Crippen LogP contribution in [0.4, 0.5) is 0 Å². The molecule has 12 heteroatoms. The Morgan fingerprint density at radius 2 is 1.90 bits per heavy atom. The minimum absolute atomic E-state index is 0.0133. The van der Waals surface area contributed by atoms with E-state index >= 15 is 0 Å². The molecule has 3 amide bonds. The number of amides is 3. The average Bonchev–Trinajstić information content (AvgIpc) is 3.24. The molecule has 31 heavy (non-hydrogen) atoms. The predicted molar refractivity (Wildman–Crippen MR) is 124 cm³/mol. The van der Waals surface area contributed by atoms with Crippen molar-refractivity contribution >= 4 is 48.1 Å². The van der Waals surface area contributed by atoms with Gasteiger partial charge in [-0.1, -0.05) is 0 Å². The van der Waals surface area contributed by atoms with Crippen LogP contribution in [0.5, 0.6) is 0 Å². The molecule has 1 aliphatic heterocycles. The Balaban J connectivity index is 2.72. The summed E-state index contributed by atoms with van der Waals surface area (Å²) in [5, 5.41) is 14.4. The number of thiol groups is 1. The van der Waals surface area contributed by atoms with Crippen molar-refractivity contribution in [2.24, 2.45) is 11.5 Å². The van der Waals surface area contributed by atoms with Crippen LogP contribution in [0, 0.1) is 0 Å². The summed E-state index contributed by atoms with van der Waals surface area (Å²) in [7, 11) is 0. The topological polar surface area (TPSA) is 168 Å². The number of nitrogens with one attached hydrogen (secondary N) is 2. The Morgan fingerprint density at radius 3 is 2.48 bits per heavy atom. The second kappa shape index (κ2) is 14.5. The first kappa shape index (κ1) is 27.5. The average molecular weight is 478 g/mol. The summed E-state index contributed by atoms with van der Waals surface area (Å²) >= 11 is 5.72. The normalized spacial score (nSPS) is 18.8. The summed E-state index contributed by atoms with van der Waals surface area (Å²) in [5.74, 6) is -1.79. The molecular weight excluding hydrogens is 442 g/mol. The predicted octanol–water partition coefficient (Wildman–Crippen LogP) is -0.829. The van der Waals surface area contributed by atoms with Crippen LogP contribution in [0.15, 0.2) is 0 Å². The summed E-state index contributed by atoms with van der Waals surface area (Å²) in [6, 6.07) is -3.47. The number of hydrogen-bond acceptors (Lipinski definition) is 8. The van der Waals surface area contributed by atoms with Gasteiger partial charge in [0, 0.05) is 12.3 Å². The van der Waals surface area contributed by atoms with Gasteiger partial charge < -0.3 is 32.1 Å². The first-order valence-corrected chi connectivity index (χ1v) is 12.5. The van der Waals surface area contributed by atoms with E-state index in [9.17, 15) is 24.3 Å². The molecule has 1 heterocycles. The fraction of sp³-hybridized carbons (Fsp3) is 0.789. The number of carbonyl (C=O) groups excluding carboxylic acids is 3. The maximum absolute atomic E-state index is 12.8. The first-order valence-electron chi connectivity index (χ1n) is 10.5. The molecule has 0 bridgehead atoms. The molecule has 178 valence electrons. The highest BCUT2D eigenvalue weighted by Crippen LogP contribution is 2.19. The standard InChI is InChI=1S/C19H35N5O5S2/c1-31-10-7-12(21)18(27)24-9-4-6-15(24)17(26)23-14(11-30)16(25)22-13(19(28)29)5-2-3-8-20/h12-15,30H,2-11,20-21H2,1H3,(H,22,25)(H,23,26)(H,28,29). The molecule has 1 aliphatic rings. The van der Waals surface area contributed by atoms with E-state index in [0.717, 1.165) is 5.75 Å². The van der Waals surface area contributed by atoms with Gasteiger partial charge in [0.1, 0.15) is 18.1 Å². The molecule has 1 saturated heterocycles. The van der Waals surface area contributed by atoms with Crippen molar-refractivity contribution in [2.75, 3.05) is 30.9 Å². The van der Waals surface area contributed by atoms with Crippen molar-refractivity contribution in [1.82, 2.24) is 15.5 Å². The molecular formula is C19H35N5O5S2. The molecule has 10 nitrogen and oxygen atoms in total. The van der Waals surface area contributed by atoms with Gasteiger partial charge in [0.2, 0.25) is 17.7 Å². The third kappa shape index (κ3) is 8.87. The van der Waals surface area contributed by atoms with Gasteiger partial charge >= 0.3 is 5.97 Å². The molecule has 0 aliphatic carbocycles. The van der Waals surface area contributed by atoms with Crippen LogP contribution < -0.4 is 22.1 Å². The van der Waals surface area contributed by atoms with Crippen molar-refractivity contribution in [2.45, 2.75) is 62.7 Å². The Labute approximate surface area is 193 Å². The third-order valence-corrected chi connectivity index (χ3v) is 6.17. The summed E-state index contributed by atoms with van der Waals surface area (Å²) < 4.78 is 0. The minimum atomic E-state index is -1.15. The van der Waals surface area contributed by atoms with Gasteiger partial charge in [-0.25, -0.2) is 4.79 Å². The Morgan fingerprint density at radius 1 is 1.19 bits per heavy atom. The van der Waals surface area contributed by atoms with Crippen molar-refractivity contribution in [3.05, 3.63) is 0 Å². The van der Waals surface area contributed by atoms with Gasteiger partial charge in [-0.2, -0.15) is 24.4 Å². The third-order valence-electron chi connectivity index (χ3n) is 5.17. The van der Waals surface area contributed by atoms with Crippen LogP contribution >= 0.6 is 24.4 Å². The summed E-state index contributed by atoms with van der Waals surface area (Å²) in [4.78, 5) is 50.9. The lowest BCUT2D eigenvalue weighted by Crippen LogP contribution is -2.57. The summed E-state index contributed by atoms with van der Waals surface area (Å²) in [6.07, 6.45) is 5.04.